The molecule has 0 bridgehead atoms. The molecule has 0 radical (unpaired) electrons. The first-order valence-corrected chi connectivity index (χ1v) is 8.00. The molecule has 0 amide bonds. The summed E-state index contributed by atoms with van der Waals surface area (Å²) in [6.07, 6.45) is 3.78. The third-order valence-electron chi connectivity index (χ3n) is 4.50. The molecule has 1 heterocycles. The lowest BCUT2D eigenvalue weighted by Crippen LogP contribution is -2.36. The molecule has 102 valence electrons. The first-order chi connectivity index (χ1) is 8.54. The van der Waals surface area contributed by atoms with Gasteiger partial charge in [0.1, 0.15) is 0 Å². The van der Waals surface area contributed by atoms with Crippen molar-refractivity contribution in [3.63, 3.8) is 0 Å². The summed E-state index contributed by atoms with van der Waals surface area (Å²) in [5.41, 5.74) is 4.16. The van der Waals surface area contributed by atoms with Gasteiger partial charge in [-0.15, -0.1) is 11.3 Å². The standard InChI is InChI=1S/C14H23ClN2S/c1-8-4-5-11(6-9(8)2)13(17-16)14-12(15)10(3)7-18-14/h7-9,11,13,17H,4-6,16H2,1-3H3. The molecule has 1 fully saturated rings. The Bertz CT molecular complexity index is 404. The van der Waals surface area contributed by atoms with Crippen LogP contribution in [0.3, 0.4) is 0 Å². The van der Waals surface area contributed by atoms with Gasteiger partial charge in [-0.2, -0.15) is 0 Å². The van der Waals surface area contributed by atoms with Crippen molar-refractivity contribution in [3.8, 4) is 0 Å². The van der Waals surface area contributed by atoms with E-state index in [4.69, 9.17) is 17.4 Å². The predicted molar refractivity (Wildman–Crippen MR) is 79.8 cm³/mol. The zero-order valence-corrected chi connectivity index (χ0v) is 12.9. The first kappa shape index (κ1) is 14.3. The van der Waals surface area contributed by atoms with Crippen molar-refractivity contribution in [2.75, 3.05) is 0 Å². The number of thiophene rings is 1. The third kappa shape index (κ3) is 2.74. The van der Waals surface area contributed by atoms with Crippen LogP contribution in [0.1, 0.15) is 49.6 Å². The van der Waals surface area contributed by atoms with E-state index in [2.05, 4.69) is 31.6 Å². The Hall–Kier alpha value is -0.0900. The Morgan fingerprint density at radius 3 is 2.61 bits per heavy atom. The van der Waals surface area contributed by atoms with Crippen LogP contribution < -0.4 is 11.3 Å². The molecule has 4 unspecified atom stereocenters. The summed E-state index contributed by atoms with van der Waals surface area (Å²) in [7, 11) is 0. The molecule has 0 saturated heterocycles. The quantitative estimate of drug-likeness (QED) is 0.643. The van der Waals surface area contributed by atoms with Gasteiger partial charge in [0.05, 0.1) is 11.1 Å². The molecule has 1 aromatic heterocycles. The number of hydrogen-bond donors (Lipinski definition) is 2. The van der Waals surface area contributed by atoms with Crippen molar-refractivity contribution < 1.29 is 0 Å². The van der Waals surface area contributed by atoms with E-state index in [0.29, 0.717) is 5.92 Å². The second kappa shape index (κ2) is 5.91. The van der Waals surface area contributed by atoms with Gasteiger partial charge in [0.2, 0.25) is 0 Å². The van der Waals surface area contributed by atoms with Crippen LogP contribution in [0.25, 0.3) is 0 Å². The van der Waals surface area contributed by atoms with E-state index in [1.807, 2.05) is 0 Å². The lowest BCUT2D eigenvalue weighted by atomic mass is 9.73. The lowest BCUT2D eigenvalue weighted by molar-refractivity contribution is 0.173. The van der Waals surface area contributed by atoms with Crippen LogP contribution in [-0.2, 0) is 0 Å². The number of nitrogens with two attached hydrogens (primary N) is 1. The SMILES string of the molecule is Cc1csc(C(NN)C2CCC(C)C(C)C2)c1Cl. The van der Waals surface area contributed by atoms with Crippen molar-refractivity contribution in [2.24, 2.45) is 23.6 Å². The summed E-state index contributed by atoms with van der Waals surface area (Å²) >= 11 is 8.11. The summed E-state index contributed by atoms with van der Waals surface area (Å²) in [4.78, 5) is 1.21. The molecule has 4 heteroatoms. The van der Waals surface area contributed by atoms with Gasteiger partial charge in [-0.3, -0.25) is 11.3 Å². The highest BCUT2D eigenvalue weighted by atomic mass is 35.5. The summed E-state index contributed by atoms with van der Waals surface area (Å²) in [5.74, 6) is 8.01. The molecule has 2 rings (SSSR count). The van der Waals surface area contributed by atoms with Crippen molar-refractivity contribution in [2.45, 2.75) is 46.1 Å². The molecule has 4 atom stereocenters. The molecule has 1 aliphatic rings. The van der Waals surface area contributed by atoms with E-state index < -0.39 is 0 Å². The van der Waals surface area contributed by atoms with Gasteiger partial charge in [-0.05, 0) is 48.5 Å². The van der Waals surface area contributed by atoms with Gasteiger partial charge in [0.25, 0.3) is 0 Å². The molecule has 0 aromatic carbocycles. The van der Waals surface area contributed by atoms with Crippen LogP contribution in [0.5, 0.6) is 0 Å². The average Bonchev–Trinajstić information content (AvgIpc) is 2.67. The molecule has 2 nitrogen and oxygen atoms in total. The molecule has 18 heavy (non-hydrogen) atoms. The predicted octanol–water partition coefficient (Wildman–Crippen LogP) is 4.29. The minimum absolute atomic E-state index is 0.214. The van der Waals surface area contributed by atoms with Gasteiger partial charge >= 0.3 is 0 Å². The van der Waals surface area contributed by atoms with Crippen LogP contribution >= 0.6 is 22.9 Å². The van der Waals surface area contributed by atoms with E-state index in [9.17, 15) is 0 Å². The zero-order chi connectivity index (χ0) is 13.3. The number of hydrogen-bond acceptors (Lipinski definition) is 3. The van der Waals surface area contributed by atoms with E-state index in [1.165, 1.54) is 24.1 Å². The molecule has 1 aliphatic carbocycles. The summed E-state index contributed by atoms with van der Waals surface area (Å²) < 4.78 is 0. The Labute approximate surface area is 119 Å². The third-order valence-corrected chi connectivity index (χ3v) is 6.29. The second-order valence-corrected chi connectivity index (χ2v) is 7.06. The Kier molecular flexibility index (Phi) is 4.70. The van der Waals surface area contributed by atoms with Gasteiger partial charge in [-0.1, -0.05) is 31.9 Å². The Balaban J connectivity index is 2.16. The van der Waals surface area contributed by atoms with Crippen molar-refractivity contribution >= 4 is 22.9 Å². The normalized spacial score (nSPS) is 30.4. The van der Waals surface area contributed by atoms with Crippen molar-refractivity contribution in [3.05, 3.63) is 20.8 Å². The molecular weight excluding hydrogens is 264 g/mol. The zero-order valence-electron chi connectivity index (χ0n) is 11.4. The van der Waals surface area contributed by atoms with Crippen molar-refractivity contribution in [1.82, 2.24) is 5.43 Å². The van der Waals surface area contributed by atoms with Gasteiger partial charge in [0, 0.05) is 4.88 Å². The van der Waals surface area contributed by atoms with Crippen LogP contribution in [0.4, 0.5) is 0 Å². The number of halogens is 1. The van der Waals surface area contributed by atoms with Crippen LogP contribution in [-0.4, -0.2) is 0 Å². The number of nitrogens with one attached hydrogen (secondary N) is 1. The van der Waals surface area contributed by atoms with Crippen LogP contribution in [0, 0.1) is 24.7 Å². The highest BCUT2D eigenvalue weighted by molar-refractivity contribution is 7.10. The maximum atomic E-state index is 6.38. The minimum atomic E-state index is 0.214. The van der Waals surface area contributed by atoms with Crippen molar-refractivity contribution in [1.29, 1.82) is 0 Å². The highest BCUT2D eigenvalue weighted by Crippen LogP contribution is 2.43. The number of aryl methyl sites for hydroxylation is 1. The molecule has 0 aliphatic heterocycles. The summed E-state index contributed by atoms with van der Waals surface area (Å²) in [5, 5.41) is 3.02. The number of hydrazine groups is 1. The minimum Gasteiger partial charge on any atom is -0.271 e. The van der Waals surface area contributed by atoms with Gasteiger partial charge in [0.15, 0.2) is 0 Å². The molecular formula is C14H23ClN2S. The van der Waals surface area contributed by atoms with E-state index in [1.54, 1.807) is 11.3 Å². The van der Waals surface area contributed by atoms with Crippen LogP contribution in [0.2, 0.25) is 5.02 Å². The van der Waals surface area contributed by atoms with Gasteiger partial charge in [-0.25, -0.2) is 0 Å². The fourth-order valence-corrected chi connectivity index (χ4v) is 4.44. The largest absolute Gasteiger partial charge is 0.271 e. The number of rotatable bonds is 3. The fourth-order valence-electron chi connectivity index (χ4n) is 2.98. The van der Waals surface area contributed by atoms with E-state index in [0.717, 1.165) is 22.4 Å². The smallest absolute Gasteiger partial charge is 0.0596 e. The Morgan fingerprint density at radius 1 is 1.39 bits per heavy atom. The topological polar surface area (TPSA) is 38.0 Å². The highest BCUT2D eigenvalue weighted by Gasteiger charge is 2.32. The Morgan fingerprint density at radius 2 is 2.11 bits per heavy atom. The summed E-state index contributed by atoms with van der Waals surface area (Å²) in [6, 6.07) is 0.214. The second-order valence-electron chi connectivity index (χ2n) is 5.77. The molecule has 0 spiro atoms. The maximum absolute atomic E-state index is 6.38. The molecule has 1 aromatic rings. The molecule has 1 saturated carbocycles. The molecule has 3 N–H and O–H groups in total. The van der Waals surface area contributed by atoms with E-state index >= 15 is 0 Å². The fraction of sp³-hybridized carbons (Fsp3) is 0.714. The summed E-state index contributed by atoms with van der Waals surface area (Å²) in [6.45, 7) is 6.77. The average molecular weight is 287 g/mol. The maximum Gasteiger partial charge on any atom is 0.0596 e. The van der Waals surface area contributed by atoms with E-state index in [-0.39, 0.29) is 6.04 Å². The van der Waals surface area contributed by atoms with Crippen LogP contribution in [0.15, 0.2) is 5.38 Å². The monoisotopic (exact) mass is 286 g/mol. The first-order valence-electron chi connectivity index (χ1n) is 6.74. The van der Waals surface area contributed by atoms with Gasteiger partial charge < -0.3 is 0 Å². The lowest BCUT2D eigenvalue weighted by Gasteiger charge is -2.36.